The quantitative estimate of drug-likeness (QED) is 0.705. The summed E-state index contributed by atoms with van der Waals surface area (Å²) in [7, 11) is 1.94. The van der Waals surface area contributed by atoms with E-state index < -0.39 is 0 Å². The first-order valence-corrected chi connectivity index (χ1v) is 9.54. The first-order valence-electron chi connectivity index (χ1n) is 9.54. The molecule has 2 atom stereocenters. The van der Waals surface area contributed by atoms with Crippen LogP contribution in [-0.2, 0) is 4.79 Å². The van der Waals surface area contributed by atoms with Crippen molar-refractivity contribution in [2.45, 2.75) is 18.9 Å². The van der Waals surface area contributed by atoms with Crippen molar-refractivity contribution in [1.29, 1.82) is 0 Å². The number of carbonyl (C=O) groups is 1. The Morgan fingerprint density at radius 2 is 1.70 bits per heavy atom. The molecule has 1 amide bonds. The largest absolute Gasteiger partial charge is 0.353 e. The molecule has 3 saturated heterocycles. The molecule has 5 heteroatoms. The van der Waals surface area contributed by atoms with E-state index in [1.807, 2.05) is 60.5 Å². The van der Waals surface area contributed by atoms with Crippen molar-refractivity contribution in [1.82, 2.24) is 14.9 Å². The Bertz CT molecular complexity index is 1000. The van der Waals surface area contributed by atoms with Crippen molar-refractivity contribution in [3.05, 3.63) is 54.6 Å². The minimum atomic E-state index is 0.0580. The van der Waals surface area contributed by atoms with Crippen molar-refractivity contribution in [3.63, 3.8) is 0 Å². The molecule has 2 bridgehead atoms. The molecule has 0 N–H and O–H groups in total. The first-order chi connectivity index (χ1) is 13.2. The number of anilines is 1. The molecule has 0 radical (unpaired) electrons. The topological polar surface area (TPSA) is 49.3 Å². The summed E-state index contributed by atoms with van der Waals surface area (Å²) in [6.07, 6.45) is 2.04. The van der Waals surface area contributed by atoms with Crippen LogP contribution in [0.25, 0.3) is 22.3 Å². The number of likely N-dealkylation sites (N-methyl/N-ethyl adjacent to an activating group) is 1. The lowest BCUT2D eigenvalue weighted by atomic mass is 9.95. The Morgan fingerprint density at radius 1 is 0.926 bits per heavy atom. The minimum absolute atomic E-state index is 0.0580. The van der Waals surface area contributed by atoms with Crippen LogP contribution in [0.1, 0.15) is 12.8 Å². The van der Waals surface area contributed by atoms with E-state index in [1.165, 1.54) is 0 Å². The van der Waals surface area contributed by atoms with Gasteiger partial charge in [-0.3, -0.25) is 4.79 Å². The minimum Gasteiger partial charge on any atom is -0.353 e. The van der Waals surface area contributed by atoms with Gasteiger partial charge in [-0.2, -0.15) is 0 Å². The van der Waals surface area contributed by atoms with Gasteiger partial charge in [-0.15, -0.1) is 0 Å². The highest BCUT2D eigenvalue weighted by atomic mass is 16.2. The molecule has 136 valence electrons. The Balaban J connectivity index is 1.65. The molecule has 3 aromatic rings. The summed E-state index contributed by atoms with van der Waals surface area (Å²) in [5.74, 6) is 2.01. The standard InChI is InChI=1S/C22H22N4O/c1-25-17-12-11-16(22(25)27)13-26(14-17)21-18-9-5-6-10-19(18)23-20(24-21)15-7-3-2-4-8-15/h2-10,16-17H,11-14H2,1H3/t16-,17+/m1/s1. The monoisotopic (exact) mass is 358 g/mol. The van der Waals surface area contributed by atoms with Gasteiger partial charge in [-0.1, -0.05) is 42.5 Å². The summed E-state index contributed by atoms with van der Waals surface area (Å²) in [5.41, 5.74) is 1.95. The van der Waals surface area contributed by atoms with E-state index in [9.17, 15) is 4.79 Å². The highest BCUT2D eigenvalue weighted by Crippen LogP contribution is 2.34. The number of nitrogens with zero attached hydrogens (tertiary/aromatic N) is 4. The number of carbonyl (C=O) groups excluding carboxylic acids is 1. The van der Waals surface area contributed by atoms with Crippen molar-refractivity contribution in [2.24, 2.45) is 5.92 Å². The average Bonchev–Trinajstić information content (AvgIpc) is 3.01. The second-order valence-electron chi connectivity index (χ2n) is 7.54. The Kier molecular flexibility index (Phi) is 3.81. The molecular weight excluding hydrogens is 336 g/mol. The van der Waals surface area contributed by atoms with Crippen LogP contribution in [0, 0.1) is 5.92 Å². The lowest BCUT2D eigenvalue weighted by Crippen LogP contribution is -2.45. The van der Waals surface area contributed by atoms with E-state index in [4.69, 9.17) is 9.97 Å². The lowest BCUT2D eigenvalue weighted by Gasteiger charge is -2.32. The highest BCUT2D eigenvalue weighted by molar-refractivity contribution is 5.91. The van der Waals surface area contributed by atoms with Crippen LogP contribution >= 0.6 is 0 Å². The van der Waals surface area contributed by atoms with Gasteiger partial charge in [-0.05, 0) is 25.0 Å². The van der Waals surface area contributed by atoms with E-state index in [2.05, 4.69) is 11.0 Å². The molecule has 0 saturated carbocycles. The van der Waals surface area contributed by atoms with E-state index in [0.717, 1.165) is 54.0 Å². The van der Waals surface area contributed by atoms with Crippen LogP contribution in [0.3, 0.4) is 0 Å². The number of hydrogen-bond donors (Lipinski definition) is 0. The average molecular weight is 358 g/mol. The molecule has 2 aromatic carbocycles. The summed E-state index contributed by atoms with van der Waals surface area (Å²) in [6.45, 7) is 1.56. The number of rotatable bonds is 2. The second-order valence-corrected chi connectivity index (χ2v) is 7.54. The van der Waals surface area contributed by atoms with E-state index in [0.29, 0.717) is 0 Å². The van der Waals surface area contributed by atoms with Crippen molar-refractivity contribution in [3.8, 4) is 11.4 Å². The maximum atomic E-state index is 12.6. The van der Waals surface area contributed by atoms with Gasteiger partial charge in [0.1, 0.15) is 5.82 Å². The third kappa shape index (κ3) is 2.74. The zero-order chi connectivity index (χ0) is 18.4. The number of piperidine rings is 1. The van der Waals surface area contributed by atoms with E-state index in [-0.39, 0.29) is 17.9 Å². The molecule has 0 spiro atoms. The predicted octanol–water partition coefficient (Wildman–Crippen LogP) is 3.35. The summed E-state index contributed by atoms with van der Waals surface area (Å²) >= 11 is 0. The van der Waals surface area contributed by atoms with Crippen LogP contribution in [0.5, 0.6) is 0 Å². The molecule has 4 heterocycles. The molecule has 0 unspecified atom stereocenters. The van der Waals surface area contributed by atoms with Crippen LogP contribution in [-0.4, -0.2) is 47.0 Å². The Labute approximate surface area is 158 Å². The molecule has 3 aliphatic heterocycles. The smallest absolute Gasteiger partial charge is 0.227 e. The second kappa shape index (κ2) is 6.34. The zero-order valence-corrected chi connectivity index (χ0v) is 15.4. The van der Waals surface area contributed by atoms with E-state index in [1.54, 1.807) is 0 Å². The number of para-hydroxylation sites is 1. The normalized spacial score (nSPS) is 22.3. The lowest BCUT2D eigenvalue weighted by molar-refractivity contribution is -0.138. The molecule has 27 heavy (non-hydrogen) atoms. The zero-order valence-electron chi connectivity index (χ0n) is 15.4. The Morgan fingerprint density at radius 3 is 2.56 bits per heavy atom. The predicted molar refractivity (Wildman–Crippen MR) is 106 cm³/mol. The SMILES string of the molecule is CN1C(=O)[C@@H]2CC[C@H]1CN(c1nc(-c3ccccc3)nc3ccccc13)C2. The number of amides is 1. The molecule has 6 rings (SSSR count). The van der Waals surface area contributed by atoms with Crippen LogP contribution in [0.4, 0.5) is 5.82 Å². The summed E-state index contributed by atoms with van der Waals surface area (Å²) in [4.78, 5) is 26.6. The van der Waals surface area contributed by atoms with Gasteiger partial charge in [0, 0.05) is 37.1 Å². The van der Waals surface area contributed by atoms with Gasteiger partial charge in [0.05, 0.1) is 11.4 Å². The number of aromatic nitrogens is 2. The summed E-state index contributed by atoms with van der Waals surface area (Å²) in [6, 6.07) is 18.5. The van der Waals surface area contributed by atoms with Gasteiger partial charge in [0.2, 0.25) is 5.91 Å². The molecule has 1 aromatic heterocycles. The molecule has 5 nitrogen and oxygen atoms in total. The third-order valence-electron chi connectivity index (χ3n) is 5.88. The number of benzene rings is 2. The fourth-order valence-corrected chi connectivity index (χ4v) is 4.35. The number of fused-ring (bicyclic) bond motifs is 5. The molecular formula is C22H22N4O. The summed E-state index contributed by atoms with van der Waals surface area (Å²) < 4.78 is 0. The maximum absolute atomic E-state index is 12.6. The fourth-order valence-electron chi connectivity index (χ4n) is 4.35. The highest BCUT2D eigenvalue weighted by Gasteiger charge is 2.39. The number of hydrogen-bond acceptors (Lipinski definition) is 4. The molecule has 3 fully saturated rings. The van der Waals surface area contributed by atoms with Gasteiger partial charge >= 0.3 is 0 Å². The van der Waals surface area contributed by atoms with Crippen LogP contribution < -0.4 is 4.90 Å². The van der Waals surface area contributed by atoms with Gasteiger partial charge in [-0.25, -0.2) is 9.97 Å². The summed E-state index contributed by atoms with van der Waals surface area (Å²) in [5, 5.41) is 1.05. The Hall–Kier alpha value is -2.95. The van der Waals surface area contributed by atoms with Crippen molar-refractivity contribution in [2.75, 3.05) is 25.0 Å². The van der Waals surface area contributed by atoms with Crippen LogP contribution in [0.15, 0.2) is 54.6 Å². The maximum Gasteiger partial charge on any atom is 0.227 e. The van der Waals surface area contributed by atoms with Crippen molar-refractivity contribution < 1.29 is 4.79 Å². The first kappa shape index (κ1) is 16.2. The molecule has 0 aliphatic carbocycles. The van der Waals surface area contributed by atoms with Gasteiger partial charge in [0.25, 0.3) is 0 Å². The van der Waals surface area contributed by atoms with Gasteiger partial charge in [0.15, 0.2) is 5.82 Å². The van der Waals surface area contributed by atoms with Crippen molar-refractivity contribution >= 4 is 22.6 Å². The molecule has 3 aliphatic rings. The third-order valence-corrected chi connectivity index (χ3v) is 5.88. The van der Waals surface area contributed by atoms with E-state index >= 15 is 0 Å². The van der Waals surface area contributed by atoms with Crippen LogP contribution in [0.2, 0.25) is 0 Å². The van der Waals surface area contributed by atoms with Gasteiger partial charge < -0.3 is 9.80 Å². The fraction of sp³-hybridized carbons (Fsp3) is 0.318.